The van der Waals surface area contributed by atoms with Gasteiger partial charge in [-0.2, -0.15) is 16.6 Å². The number of rotatable bonds is 5. The fourth-order valence-corrected chi connectivity index (χ4v) is 2.76. The molecule has 5 heteroatoms. The van der Waals surface area contributed by atoms with Gasteiger partial charge in [-0.3, -0.25) is 4.79 Å². The molecular formula is C16H17N3OS. The summed E-state index contributed by atoms with van der Waals surface area (Å²) in [7, 11) is 3.99. The highest BCUT2D eigenvalue weighted by molar-refractivity contribution is 7.07. The molecule has 0 aliphatic carbocycles. The Morgan fingerprint density at radius 2 is 2.05 bits per heavy atom. The molecule has 1 aromatic heterocycles. The molecule has 0 radical (unpaired) electrons. The number of thiophene rings is 1. The van der Waals surface area contributed by atoms with E-state index in [4.69, 9.17) is 5.26 Å². The number of hydrogen-bond donors (Lipinski definition) is 1. The van der Waals surface area contributed by atoms with E-state index in [0.29, 0.717) is 17.7 Å². The molecule has 0 saturated carbocycles. The summed E-state index contributed by atoms with van der Waals surface area (Å²) < 4.78 is 0. The molecular weight excluding hydrogens is 282 g/mol. The average Bonchev–Trinajstić information content (AvgIpc) is 3.01. The van der Waals surface area contributed by atoms with Crippen LogP contribution in [0.5, 0.6) is 0 Å². The number of benzene rings is 1. The lowest BCUT2D eigenvalue weighted by Crippen LogP contribution is -2.34. The van der Waals surface area contributed by atoms with Crippen molar-refractivity contribution in [3.8, 4) is 6.07 Å². The van der Waals surface area contributed by atoms with Crippen LogP contribution in [0.15, 0.2) is 41.1 Å². The maximum Gasteiger partial charge on any atom is 0.251 e. The van der Waals surface area contributed by atoms with Crippen molar-refractivity contribution in [1.82, 2.24) is 10.2 Å². The summed E-state index contributed by atoms with van der Waals surface area (Å²) in [5, 5.41) is 15.8. The molecule has 1 amide bonds. The minimum absolute atomic E-state index is 0.124. The third-order valence-corrected chi connectivity index (χ3v) is 3.98. The van der Waals surface area contributed by atoms with Crippen LogP contribution in [0.2, 0.25) is 0 Å². The molecule has 1 aromatic carbocycles. The zero-order valence-corrected chi connectivity index (χ0v) is 12.9. The predicted octanol–water partition coefficient (Wildman–Crippen LogP) is 2.65. The highest BCUT2D eigenvalue weighted by Crippen LogP contribution is 2.20. The quantitative estimate of drug-likeness (QED) is 0.923. The third-order valence-electron chi connectivity index (χ3n) is 3.28. The van der Waals surface area contributed by atoms with Gasteiger partial charge in [-0.05, 0) is 60.8 Å². The molecule has 0 spiro atoms. The summed E-state index contributed by atoms with van der Waals surface area (Å²) in [4.78, 5) is 14.2. The highest BCUT2D eigenvalue weighted by atomic mass is 32.1. The van der Waals surface area contributed by atoms with Crippen molar-refractivity contribution >= 4 is 17.2 Å². The van der Waals surface area contributed by atoms with E-state index in [-0.39, 0.29) is 11.9 Å². The van der Waals surface area contributed by atoms with Crippen molar-refractivity contribution < 1.29 is 4.79 Å². The smallest absolute Gasteiger partial charge is 0.251 e. The fraction of sp³-hybridized carbons (Fsp3) is 0.250. The molecule has 0 fully saturated rings. The van der Waals surface area contributed by atoms with Crippen LogP contribution in [0.1, 0.15) is 27.5 Å². The summed E-state index contributed by atoms with van der Waals surface area (Å²) in [6.07, 6.45) is 0. The predicted molar refractivity (Wildman–Crippen MR) is 84.2 cm³/mol. The number of nitrogens with zero attached hydrogens (tertiary/aromatic N) is 2. The molecule has 1 atom stereocenters. The normalized spacial score (nSPS) is 11.9. The van der Waals surface area contributed by atoms with Crippen LogP contribution in [0, 0.1) is 11.3 Å². The summed E-state index contributed by atoms with van der Waals surface area (Å²) in [5.41, 5.74) is 2.32. The van der Waals surface area contributed by atoms with E-state index < -0.39 is 0 Å². The highest BCUT2D eigenvalue weighted by Gasteiger charge is 2.16. The van der Waals surface area contributed by atoms with Crippen molar-refractivity contribution in [3.63, 3.8) is 0 Å². The molecule has 1 N–H and O–H groups in total. The number of carbonyl (C=O) groups is 1. The van der Waals surface area contributed by atoms with Gasteiger partial charge in [0.15, 0.2) is 0 Å². The van der Waals surface area contributed by atoms with Gasteiger partial charge in [-0.25, -0.2) is 0 Å². The molecule has 2 aromatic rings. The van der Waals surface area contributed by atoms with E-state index in [2.05, 4.69) is 21.7 Å². The molecule has 4 nitrogen and oxygen atoms in total. The van der Waals surface area contributed by atoms with Gasteiger partial charge >= 0.3 is 0 Å². The number of carbonyl (C=O) groups excluding carboxylic acids is 1. The van der Waals surface area contributed by atoms with Crippen molar-refractivity contribution in [3.05, 3.63) is 57.8 Å². The Kier molecular flexibility index (Phi) is 5.09. The van der Waals surface area contributed by atoms with Gasteiger partial charge in [0.25, 0.3) is 5.91 Å². The van der Waals surface area contributed by atoms with E-state index in [0.717, 1.165) is 0 Å². The van der Waals surface area contributed by atoms with Crippen LogP contribution in [-0.2, 0) is 0 Å². The van der Waals surface area contributed by atoms with Gasteiger partial charge in [0.2, 0.25) is 0 Å². The van der Waals surface area contributed by atoms with Crippen molar-refractivity contribution in [2.24, 2.45) is 0 Å². The third kappa shape index (κ3) is 3.91. The summed E-state index contributed by atoms with van der Waals surface area (Å²) in [6.45, 7) is 0.544. The lowest BCUT2D eigenvalue weighted by atomic mass is 10.1. The minimum atomic E-state index is -0.124. The van der Waals surface area contributed by atoms with Crippen molar-refractivity contribution in [2.75, 3.05) is 20.6 Å². The summed E-state index contributed by atoms with van der Waals surface area (Å²) in [6, 6.07) is 10.9. The second-order valence-corrected chi connectivity index (χ2v) is 5.72. The summed E-state index contributed by atoms with van der Waals surface area (Å²) >= 11 is 1.65. The molecule has 0 saturated heterocycles. The van der Waals surface area contributed by atoms with E-state index in [1.54, 1.807) is 35.6 Å². The Labute approximate surface area is 128 Å². The number of hydrogen-bond acceptors (Lipinski definition) is 4. The van der Waals surface area contributed by atoms with E-state index in [1.165, 1.54) is 5.56 Å². The van der Waals surface area contributed by atoms with Crippen LogP contribution >= 0.6 is 11.3 Å². The van der Waals surface area contributed by atoms with Crippen LogP contribution in [0.3, 0.4) is 0 Å². The van der Waals surface area contributed by atoms with E-state index in [1.807, 2.05) is 25.5 Å². The van der Waals surface area contributed by atoms with Gasteiger partial charge < -0.3 is 10.2 Å². The fourth-order valence-electron chi connectivity index (χ4n) is 2.05. The molecule has 1 heterocycles. The van der Waals surface area contributed by atoms with Gasteiger partial charge in [-0.1, -0.05) is 0 Å². The Bertz CT molecular complexity index is 627. The number of amides is 1. The lowest BCUT2D eigenvalue weighted by molar-refractivity contribution is 0.0942. The monoisotopic (exact) mass is 299 g/mol. The Morgan fingerprint density at radius 3 is 2.57 bits per heavy atom. The molecule has 21 heavy (non-hydrogen) atoms. The largest absolute Gasteiger partial charge is 0.350 e. The first-order valence-corrected chi connectivity index (χ1v) is 7.53. The standard InChI is InChI=1S/C16H17N3OS/c1-19(2)15(14-7-8-21-11-14)10-18-16(20)13-5-3-12(9-17)4-6-13/h3-8,11,15H,10H2,1-2H3,(H,18,20)/t15-/m0/s1. The topological polar surface area (TPSA) is 56.1 Å². The Balaban J connectivity index is 2.00. The molecule has 2 rings (SSSR count). The van der Waals surface area contributed by atoms with Crippen LogP contribution in [0.4, 0.5) is 0 Å². The number of likely N-dealkylation sites (N-methyl/N-ethyl adjacent to an activating group) is 1. The number of nitrogens with one attached hydrogen (secondary N) is 1. The second-order valence-electron chi connectivity index (χ2n) is 4.94. The molecule has 0 unspecified atom stereocenters. The lowest BCUT2D eigenvalue weighted by Gasteiger charge is -2.24. The van der Waals surface area contributed by atoms with Gasteiger partial charge in [0, 0.05) is 12.1 Å². The zero-order chi connectivity index (χ0) is 15.2. The van der Waals surface area contributed by atoms with Crippen LogP contribution < -0.4 is 5.32 Å². The number of nitriles is 1. The van der Waals surface area contributed by atoms with Crippen LogP contribution in [0.25, 0.3) is 0 Å². The molecule has 0 bridgehead atoms. The first-order chi connectivity index (χ1) is 10.1. The molecule has 0 aliphatic rings. The summed E-state index contributed by atoms with van der Waals surface area (Å²) in [5.74, 6) is -0.124. The first-order valence-electron chi connectivity index (χ1n) is 6.58. The van der Waals surface area contributed by atoms with E-state index in [9.17, 15) is 4.79 Å². The first kappa shape index (κ1) is 15.2. The van der Waals surface area contributed by atoms with Crippen molar-refractivity contribution in [2.45, 2.75) is 6.04 Å². The molecule has 0 aliphatic heterocycles. The molecule has 108 valence electrons. The Morgan fingerprint density at radius 1 is 1.33 bits per heavy atom. The van der Waals surface area contributed by atoms with Gasteiger partial charge in [0.1, 0.15) is 0 Å². The van der Waals surface area contributed by atoms with Gasteiger partial charge in [-0.15, -0.1) is 0 Å². The average molecular weight is 299 g/mol. The minimum Gasteiger partial charge on any atom is -0.350 e. The maximum absolute atomic E-state index is 12.1. The SMILES string of the molecule is CN(C)[C@@H](CNC(=O)c1ccc(C#N)cc1)c1ccsc1. The Hall–Kier alpha value is -2.16. The van der Waals surface area contributed by atoms with E-state index >= 15 is 0 Å². The van der Waals surface area contributed by atoms with Gasteiger partial charge in [0.05, 0.1) is 17.7 Å². The second kappa shape index (κ2) is 7.02. The van der Waals surface area contributed by atoms with Crippen LogP contribution in [-0.4, -0.2) is 31.4 Å². The van der Waals surface area contributed by atoms with Crippen molar-refractivity contribution in [1.29, 1.82) is 5.26 Å². The maximum atomic E-state index is 12.1. The zero-order valence-electron chi connectivity index (χ0n) is 12.0.